The number of benzene rings is 1. The average Bonchev–Trinajstić information content (AvgIpc) is 2.57. The van der Waals surface area contributed by atoms with Crippen molar-refractivity contribution in [3.63, 3.8) is 0 Å². The monoisotopic (exact) mass is 347 g/mol. The molecular formula is C22H37NO2. The largest absolute Gasteiger partial charge is 0.497 e. The van der Waals surface area contributed by atoms with Gasteiger partial charge in [-0.3, -0.25) is 0 Å². The fourth-order valence-electron chi connectivity index (χ4n) is 4.06. The van der Waals surface area contributed by atoms with Gasteiger partial charge in [0.1, 0.15) is 5.75 Å². The fraction of sp³-hybridized carbons (Fsp3) is 0.727. The quantitative estimate of drug-likeness (QED) is 0.624. The van der Waals surface area contributed by atoms with Crippen LogP contribution in [0.25, 0.3) is 0 Å². The lowest BCUT2D eigenvalue weighted by Gasteiger charge is -2.45. The molecule has 3 heteroatoms. The maximum Gasteiger partial charge on any atom is 0.118 e. The first-order valence-corrected chi connectivity index (χ1v) is 9.82. The number of ether oxygens (including phenoxy) is 2. The molecule has 0 amide bonds. The summed E-state index contributed by atoms with van der Waals surface area (Å²) in [6.45, 7) is 12.1. The van der Waals surface area contributed by atoms with Crippen LogP contribution >= 0.6 is 0 Å². The highest BCUT2D eigenvalue weighted by Crippen LogP contribution is 2.45. The molecule has 1 saturated heterocycles. The topological polar surface area (TPSA) is 30.5 Å². The summed E-state index contributed by atoms with van der Waals surface area (Å²) >= 11 is 0. The summed E-state index contributed by atoms with van der Waals surface area (Å²) in [5.74, 6) is 1.69. The van der Waals surface area contributed by atoms with Gasteiger partial charge in [0, 0.05) is 13.2 Å². The molecular weight excluding hydrogens is 310 g/mol. The Morgan fingerprint density at radius 1 is 1.16 bits per heavy atom. The van der Waals surface area contributed by atoms with Gasteiger partial charge in [-0.1, -0.05) is 32.4 Å². The van der Waals surface area contributed by atoms with Crippen molar-refractivity contribution in [2.75, 3.05) is 20.3 Å². The van der Waals surface area contributed by atoms with Crippen molar-refractivity contribution in [2.45, 2.75) is 71.9 Å². The zero-order valence-electron chi connectivity index (χ0n) is 16.9. The van der Waals surface area contributed by atoms with Crippen LogP contribution < -0.4 is 10.1 Å². The van der Waals surface area contributed by atoms with Gasteiger partial charge in [-0.05, 0) is 75.1 Å². The smallest absolute Gasteiger partial charge is 0.118 e. The van der Waals surface area contributed by atoms with E-state index in [2.05, 4.69) is 45.1 Å². The van der Waals surface area contributed by atoms with E-state index in [1.165, 1.54) is 37.7 Å². The van der Waals surface area contributed by atoms with E-state index in [9.17, 15) is 0 Å². The van der Waals surface area contributed by atoms with Gasteiger partial charge >= 0.3 is 0 Å². The van der Waals surface area contributed by atoms with E-state index in [1.54, 1.807) is 7.11 Å². The van der Waals surface area contributed by atoms with Crippen LogP contribution in [0.4, 0.5) is 0 Å². The number of methoxy groups -OCH3 is 1. The lowest BCUT2D eigenvalue weighted by atomic mass is 9.68. The molecule has 0 spiro atoms. The van der Waals surface area contributed by atoms with Crippen LogP contribution in [-0.2, 0) is 11.3 Å². The second-order valence-electron chi connectivity index (χ2n) is 8.74. The third-order valence-electron chi connectivity index (χ3n) is 5.50. The minimum Gasteiger partial charge on any atom is -0.497 e. The zero-order chi connectivity index (χ0) is 18.3. The SMILES string of the molecule is COc1ccc(CNCC[C@@]2(CCC(C)C)CCOC(C)(C)C2)cc1. The summed E-state index contributed by atoms with van der Waals surface area (Å²) in [6, 6.07) is 8.33. The summed E-state index contributed by atoms with van der Waals surface area (Å²) in [7, 11) is 1.71. The predicted molar refractivity (Wildman–Crippen MR) is 105 cm³/mol. The van der Waals surface area contributed by atoms with Crippen LogP contribution in [0, 0.1) is 11.3 Å². The number of rotatable bonds is 9. The average molecular weight is 348 g/mol. The molecule has 1 aliphatic heterocycles. The first-order valence-electron chi connectivity index (χ1n) is 9.82. The summed E-state index contributed by atoms with van der Waals surface area (Å²) in [6.07, 6.45) is 6.25. The van der Waals surface area contributed by atoms with Gasteiger partial charge in [0.05, 0.1) is 12.7 Å². The van der Waals surface area contributed by atoms with Crippen LogP contribution in [0.5, 0.6) is 5.75 Å². The summed E-state index contributed by atoms with van der Waals surface area (Å²) in [5.41, 5.74) is 1.76. The third-order valence-corrected chi connectivity index (χ3v) is 5.50. The van der Waals surface area contributed by atoms with Gasteiger partial charge in [0.2, 0.25) is 0 Å². The fourth-order valence-corrected chi connectivity index (χ4v) is 4.06. The van der Waals surface area contributed by atoms with Crippen molar-refractivity contribution in [2.24, 2.45) is 11.3 Å². The minimum absolute atomic E-state index is 0.0191. The minimum atomic E-state index is 0.0191. The molecule has 1 N–H and O–H groups in total. The molecule has 0 unspecified atom stereocenters. The Kier molecular flexibility index (Phi) is 7.33. The Hall–Kier alpha value is -1.06. The summed E-state index contributed by atoms with van der Waals surface area (Å²) < 4.78 is 11.2. The Bertz CT molecular complexity index is 509. The van der Waals surface area contributed by atoms with Crippen molar-refractivity contribution < 1.29 is 9.47 Å². The highest BCUT2D eigenvalue weighted by atomic mass is 16.5. The molecule has 3 nitrogen and oxygen atoms in total. The van der Waals surface area contributed by atoms with Crippen molar-refractivity contribution in [1.82, 2.24) is 5.32 Å². The van der Waals surface area contributed by atoms with Crippen molar-refractivity contribution in [3.8, 4) is 5.75 Å². The maximum absolute atomic E-state index is 5.99. The Morgan fingerprint density at radius 2 is 1.88 bits per heavy atom. The molecule has 0 saturated carbocycles. The molecule has 1 fully saturated rings. The van der Waals surface area contributed by atoms with Crippen molar-refractivity contribution >= 4 is 0 Å². The van der Waals surface area contributed by atoms with Gasteiger partial charge in [-0.2, -0.15) is 0 Å². The molecule has 25 heavy (non-hydrogen) atoms. The van der Waals surface area contributed by atoms with Gasteiger partial charge in [-0.25, -0.2) is 0 Å². The van der Waals surface area contributed by atoms with Gasteiger partial charge < -0.3 is 14.8 Å². The van der Waals surface area contributed by atoms with E-state index < -0.39 is 0 Å². The lowest BCUT2D eigenvalue weighted by Crippen LogP contribution is -2.42. The number of hydrogen-bond donors (Lipinski definition) is 1. The summed E-state index contributed by atoms with van der Waals surface area (Å²) in [4.78, 5) is 0. The predicted octanol–water partition coefficient (Wildman–Crippen LogP) is 5.19. The van der Waals surface area contributed by atoms with Crippen LogP contribution in [0.15, 0.2) is 24.3 Å². The van der Waals surface area contributed by atoms with Crippen LogP contribution in [0.2, 0.25) is 0 Å². The highest BCUT2D eigenvalue weighted by molar-refractivity contribution is 5.26. The second kappa shape index (κ2) is 9.05. The van der Waals surface area contributed by atoms with E-state index in [0.29, 0.717) is 5.41 Å². The third kappa shape index (κ3) is 6.63. The molecule has 1 heterocycles. The van der Waals surface area contributed by atoms with Crippen molar-refractivity contribution in [3.05, 3.63) is 29.8 Å². The highest BCUT2D eigenvalue weighted by Gasteiger charge is 2.40. The summed E-state index contributed by atoms with van der Waals surface area (Å²) in [5, 5.41) is 3.64. The van der Waals surface area contributed by atoms with E-state index in [-0.39, 0.29) is 5.60 Å². The first-order chi connectivity index (χ1) is 11.8. The van der Waals surface area contributed by atoms with Crippen LogP contribution in [0.1, 0.15) is 65.4 Å². The molecule has 1 aromatic carbocycles. The van der Waals surface area contributed by atoms with E-state index in [1.807, 2.05) is 12.1 Å². The van der Waals surface area contributed by atoms with Crippen molar-refractivity contribution in [1.29, 1.82) is 0 Å². The molecule has 2 rings (SSSR count). The van der Waals surface area contributed by atoms with E-state index in [4.69, 9.17) is 9.47 Å². The molecule has 1 atom stereocenters. The molecule has 0 aliphatic carbocycles. The zero-order valence-corrected chi connectivity index (χ0v) is 16.9. The lowest BCUT2D eigenvalue weighted by molar-refractivity contribution is -0.110. The molecule has 0 bridgehead atoms. The Labute approximate surface area is 154 Å². The maximum atomic E-state index is 5.99. The standard InChI is InChI=1S/C22H37NO2/c1-18(2)10-11-22(13-15-25-21(3,4)17-22)12-14-23-16-19-6-8-20(24-5)9-7-19/h6-9,18,23H,10-17H2,1-5H3/t22-/m0/s1. The molecule has 142 valence electrons. The van der Waals surface area contributed by atoms with Gasteiger partial charge in [0.15, 0.2) is 0 Å². The Morgan fingerprint density at radius 3 is 2.48 bits per heavy atom. The number of nitrogens with one attached hydrogen (secondary N) is 1. The molecule has 0 radical (unpaired) electrons. The Balaban J connectivity index is 1.86. The number of hydrogen-bond acceptors (Lipinski definition) is 3. The molecule has 0 aromatic heterocycles. The van der Waals surface area contributed by atoms with E-state index in [0.717, 1.165) is 31.4 Å². The van der Waals surface area contributed by atoms with E-state index >= 15 is 0 Å². The second-order valence-corrected chi connectivity index (χ2v) is 8.74. The van der Waals surface area contributed by atoms with Gasteiger partial charge in [0.25, 0.3) is 0 Å². The van der Waals surface area contributed by atoms with Gasteiger partial charge in [-0.15, -0.1) is 0 Å². The van der Waals surface area contributed by atoms with Crippen LogP contribution in [0.3, 0.4) is 0 Å². The molecule has 1 aliphatic rings. The molecule has 1 aromatic rings. The normalized spacial score (nSPS) is 23.0. The van der Waals surface area contributed by atoms with Crippen LogP contribution in [-0.4, -0.2) is 25.9 Å². The first kappa shape index (κ1) is 20.3.